The third kappa shape index (κ3) is 3.36. The van der Waals surface area contributed by atoms with Crippen molar-refractivity contribution in [3.8, 4) is 0 Å². The number of nitrogens with two attached hydrogens (primary N) is 1. The Morgan fingerprint density at radius 2 is 2.29 bits per heavy atom. The zero-order chi connectivity index (χ0) is 14.8. The standard InChI is InChI=1S/C16H23N3O2/c1-11(12-3-4-12)19(7-8-20-2)10-16-18-14-9-13(17)5-6-15(14)21-16/h5-6,9,11-12H,3-4,7-8,10,17H2,1-2H3. The van der Waals surface area contributed by atoms with Gasteiger partial charge in [0.05, 0.1) is 13.2 Å². The number of benzene rings is 1. The van der Waals surface area contributed by atoms with Gasteiger partial charge in [-0.05, 0) is 43.9 Å². The molecular formula is C16H23N3O2. The minimum atomic E-state index is 0.542. The van der Waals surface area contributed by atoms with Crippen molar-refractivity contribution < 1.29 is 9.15 Å². The highest BCUT2D eigenvalue weighted by Crippen LogP contribution is 2.35. The molecule has 0 amide bonds. The lowest BCUT2D eigenvalue weighted by molar-refractivity contribution is 0.105. The number of fused-ring (bicyclic) bond motifs is 1. The minimum absolute atomic E-state index is 0.542. The van der Waals surface area contributed by atoms with Crippen LogP contribution in [0.25, 0.3) is 11.1 Å². The van der Waals surface area contributed by atoms with E-state index in [1.54, 1.807) is 7.11 Å². The van der Waals surface area contributed by atoms with Gasteiger partial charge >= 0.3 is 0 Å². The summed E-state index contributed by atoms with van der Waals surface area (Å²) in [5, 5.41) is 0. The summed E-state index contributed by atoms with van der Waals surface area (Å²) < 4.78 is 11.1. The van der Waals surface area contributed by atoms with Crippen LogP contribution in [0.3, 0.4) is 0 Å². The van der Waals surface area contributed by atoms with Crippen molar-refractivity contribution in [1.82, 2.24) is 9.88 Å². The molecule has 1 aromatic carbocycles. The van der Waals surface area contributed by atoms with Gasteiger partial charge in [0.15, 0.2) is 5.58 Å². The van der Waals surface area contributed by atoms with Gasteiger partial charge in [0, 0.05) is 25.4 Å². The predicted molar refractivity (Wildman–Crippen MR) is 82.9 cm³/mol. The van der Waals surface area contributed by atoms with Crippen LogP contribution in [-0.2, 0) is 11.3 Å². The summed E-state index contributed by atoms with van der Waals surface area (Å²) in [4.78, 5) is 6.95. The summed E-state index contributed by atoms with van der Waals surface area (Å²) in [6, 6.07) is 6.12. The Kier molecular flexibility index (Phi) is 4.12. The SMILES string of the molecule is COCCN(Cc1nc2cc(N)ccc2o1)C(C)C1CC1. The van der Waals surface area contributed by atoms with Gasteiger partial charge in [-0.25, -0.2) is 4.98 Å². The van der Waals surface area contributed by atoms with E-state index in [-0.39, 0.29) is 0 Å². The molecule has 0 saturated heterocycles. The molecule has 2 aromatic rings. The molecule has 1 atom stereocenters. The van der Waals surface area contributed by atoms with Gasteiger partial charge in [0.1, 0.15) is 5.52 Å². The number of aromatic nitrogens is 1. The summed E-state index contributed by atoms with van der Waals surface area (Å²) in [6.45, 7) is 4.63. The fourth-order valence-corrected chi connectivity index (χ4v) is 2.75. The van der Waals surface area contributed by atoms with E-state index >= 15 is 0 Å². The van der Waals surface area contributed by atoms with E-state index in [2.05, 4.69) is 16.8 Å². The molecule has 2 N–H and O–H groups in total. The quantitative estimate of drug-likeness (QED) is 0.794. The number of ether oxygens (including phenoxy) is 1. The van der Waals surface area contributed by atoms with E-state index in [1.165, 1.54) is 12.8 Å². The van der Waals surface area contributed by atoms with E-state index in [4.69, 9.17) is 14.9 Å². The van der Waals surface area contributed by atoms with Crippen LogP contribution in [0.4, 0.5) is 5.69 Å². The second kappa shape index (κ2) is 6.03. The Morgan fingerprint density at radius 3 is 3.00 bits per heavy atom. The Balaban J connectivity index is 1.75. The van der Waals surface area contributed by atoms with Crippen molar-refractivity contribution in [3.05, 3.63) is 24.1 Å². The van der Waals surface area contributed by atoms with E-state index in [0.29, 0.717) is 11.7 Å². The number of oxazole rings is 1. The van der Waals surface area contributed by atoms with Gasteiger partial charge in [-0.15, -0.1) is 0 Å². The number of anilines is 1. The summed E-state index contributed by atoms with van der Waals surface area (Å²) in [5.41, 5.74) is 8.13. The van der Waals surface area contributed by atoms with Crippen LogP contribution >= 0.6 is 0 Å². The lowest BCUT2D eigenvalue weighted by Crippen LogP contribution is -2.36. The summed E-state index contributed by atoms with van der Waals surface area (Å²) in [6.07, 6.45) is 2.66. The monoisotopic (exact) mass is 289 g/mol. The first-order valence-corrected chi connectivity index (χ1v) is 7.55. The Bertz CT molecular complexity index is 607. The van der Waals surface area contributed by atoms with Crippen molar-refractivity contribution in [2.24, 2.45) is 5.92 Å². The Hall–Kier alpha value is -1.59. The molecule has 1 aromatic heterocycles. The molecule has 1 saturated carbocycles. The van der Waals surface area contributed by atoms with Gasteiger partial charge in [-0.3, -0.25) is 4.90 Å². The van der Waals surface area contributed by atoms with E-state index in [0.717, 1.165) is 42.6 Å². The number of nitrogens with zero attached hydrogens (tertiary/aromatic N) is 2. The van der Waals surface area contributed by atoms with Gasteiger partial charge < -0.3 is 14.9 Å². The highest BCUT2D eigenvalue weighted by Gasteiger charge is 2.32. The normalized spacial score (nSPS) is 16.7. The first kappa shape index (κ1) is 14.4. The molecule has 1 aliphatic carbocycles. The maximum Gasteiger partial charge on any atom is 0.209 e. The molecule has 1 unspecified atom stereocenters. The second-order valence-corrected chi connectivity index (χ2v) is 5.88. The Labute approximate surface area is 125 Å². The topological polar surface area (TPSA) is 64.5 Å². The molecule has 0 aliphatic heterocycles. The Morgan fingerprint density at radius 1 is 1.48 bits per heavy atom. The van der Waals surface area contributed by atoms with Crippen molar-refractivity contribution in [1.29, 1.82) is 0 Å². The highest BCUT2D eigenvalue weighted by molar-refractivity contribution is 5.76. The number of hydrogen-bond donors (Lipinski definition) is 1. The van der Waals surface area contributed by atoms with Crippen molar-refractivity contribution >= 4 is 16.8 Å². The fraction of sp³-hybridized carbons (Fsp3) is 0.562. The molecule has 3 rings (SSSR count). The fourth-order valence-electron chi connectivity index (χ4n) is 2.75. The van der Waals surface area contributed by atoms with Crippen LogP contribution in [-0.4, -0.2) is 36.2 Å². The second-order valence-electron chi connectivity index (χ2n) is 5.88. The largest absolute Gasteiger partial charge is 0.439 e. The molecule has 0 bridgehead atoms. The summed E-state index contributed by atoms with van der Waals surface area (Å²) in [5.74, 6) is 1.56. The average Bonchev–Trinajstić information content (AvgIpc) is 3.23. The average molecular weight is 289 g/mol. The predicted octanol–water partition coefficient (Wildman–Crippen LogP) is 2.66. The van der Waals surface area contributed by atoms with Gasteiger partial charge in [0.25, 0.3) is 0 Å². The van der Waals surface area contributed by atoms with Crippen LogP contribution in [0.1, 0.15) is 25.7 Å². The van der Waals surface area contributed by atoms with E-state index in [9.17, 15) is 0 Å². The number of rotatable bonds is 7. The zero-order valence-electron chi connectivity index (χ0n) is 12.7. The molecule has 21 heavy (non-hydrogen) atoms. The van der Waals surface area contributed by atoms with Crippen LogP contribution in [0, 0.1) is 5.92 Å². The number of hydrogen-bond acceptors (Lipinski definition) is 5. The van der Waals surface area contributed by atoms with Gasteiger partial charge in [-0.1, -0.05) is 0 Å². The molecule has 114 valence electrons. The first-order valence-electron chi connectivity index (χ1n) is 7.55. The van der Waals surface area contributed by atoms with E-state index < -0.39 is 0 Å². The van der Waals surface area contributed by atoms with Gasteiger partial charge in [0.2, 0.25) is 5.89 Å². The molecule has 1 heterocycles. The van der Waals surface area contributed by atoms with Crippen LogP contribution in [0.5, 0.6) is 0 Å². The molecule has 0 spiro atoms. The smallest absolute Gasteiger partial charge is 0.209 e. The third-order valence-corrected chi connectivity index (χ3v) is 4.26. The third-order valence-electron chi connectivity index (χ3n) is 4.26. The van der Waals surface area contributed by atoms with Crippen molar-refractivity contribution in [2.75, 3.05) is 26.0 Å². The first-order chi connectivity index (χ1) is 10.2. The number of methoxy groups -OCH3 is 1. The summed E-state index contributed by atoms with van der Waals surface area (Å²) in [7, 11) is 1.74. The molecule has 5 nitrogen and oxygen atoms in total. The lowest BCUT2D eigenvalue weighted by Gasteiger charge is -2.27. The maximum atomic E-state index is 5.83. The molecule has 5 heteroatoms. The van der Waals surface area contributed by atoms with Crippen LogP contribution in [0.15, 0.2) is 22.6 Å². The van der Waals surface area contributed by atoms with Crippen LogP contribution in [0.2, 0.25) is 0 Å². The lowest BCUT2D eigenvalue weighted by atomic mass is 10.2. The number of nitrogen functional groups attached to an aromatic ring is 1. The minimum Gasteiger partial charge on any atom is -0.439 e. The molecule has 1 fully saturated rings. The molecular weight excluding hydrogens is 266 g/mol. The van der Waals surface area contributed by atoms with Crippen molar-refractivity contribution in [2.45, 2.75) is 32.4 Å². The molecule has 0 radical (unpaired) electrons. The molecule has 1 aliphatic rings. The van der Waals surface area contributed by atoms with Crippen LogP contribution < -0.4 is 5.73 Å². The van der Waals surface area contributed by atoms with E-state index in [1.807, 2.05) is 18.2 Å². The highest BCUT2D eigenvalue weighted by atomic mass is 16.5. The van der Waals surface area contributed by atoms with Gasteiger partial charge in [-0.2, -0.15) is 0 Å². The zero-order valence-corrected chi connectivity index (χ0v) is 12.7. The summed E-state index contributed by atoms with van der Waals surface area (Å²) >= 11 is 0. The maximum absolute atomic E-state index is 5.83. The van der Waals surface area contributed by atoms with Crippen molar-refractivity contribution in [3.63, 3.8) is 0 Å².